The smallest absolute Gasteiger partial charge is 0.186 e. The van der Waals surface area contributed by atoms with Gasteiger partial charge in [0.15, 0.2) is 9.84 Å². The molecule has 5 nitrogen and oxygen atoms in total. The molecule has 4 aromatic rings. The standard InChI is InChI=1S/C26H22ClNO4S/c1-31-25-12-9-23(27)14-26(25)33(29,30)18-20-13-22(16-28-15-20)21-7-10-24(11-8-21)32-17-19-5-3-2-4-6-19/h2-16H,17-18H2,1H3. The predicted molar refractivity (Wildman–Crippen MR) is 129 cm³/mol. The van der Waals surface area contributed by atoms with E-state index >= 15 is 0 Å². The third-order valence-corrected chi connectivity index (χ3v) is 6.99. The Morgan fingerprint density at radius 3 is 2.33 bits per heavy atom. The average Bonchev–Trinajstić information content (AvgIpc) is 2.83. The first-order valence-electron chi connectivity index (χ1n) is 10.2. The molecule has 3 aromatic carbocycles. The zero-order valence-electron chi connectivity index (χ0n) is 17.9. The maximum atomic E-state index is 13.0. The quantitative estimate of drug-likeness (QED) is 0.312. The topological polar surface area (TPSA) is 65.5 Å². The molecule has 168 valence electrons. The number of halogens is 1. The SMILES string of the molecule is COc1ccc(Cl)cc1S(=O)(=O)Cc1cncc(-c2ccc(OCc3ccccc3)cc2)c1. The third kappa shape index (κ3) is 5.72. The lowest BCUT2D eigenvalue weighted by atomic mass is 10.1. The van der Waals surface area contributed by atoms with E-state index in [-0.39, 0.29) is 16.4 Å². The van der Waals surface area contributed by atoms with Gasteiger partial charge in [-0.25, -0.2) is 8.42 Å². The highest BCUT2D eigenvalue weighted by atomic mass is 35.5. The molecule has 7 heteroatoms. The fraction of sp³-hybridized carbons (Fsp3) is 0.115. The minimum absolute atomic E-state index is 0.0582. The molecule has 0 saturated heterocycles. The van der Waals surface area contributed by atoms with Crippen molar-refractivity contribution in [2.24, 2.45) is 0 Å². The number of methoxy groups -OCH3 is 1. The van der Waals surface area contributed by atoms with Gasteiger partial charge in [0.05, 0.1) is 12.9 Å². The summed E-state index contributed by atoms with van der Waals surface area (Å²) in [6.45, 7) is 0.488. The number of rotatable bonds is 8. The predicted octanol–water partition coefficient (Wildman–Crippen LogP) is 5.96. The molecular weight excluding hydrogens is 458 g/mol. The van der Waals surface area contributed by atoms with Gasteiger partial charge in [0, 0.05) is 23.0 Å². The van der Waals surface area contributed by atoms with Crippen molar-refractivity contribution < 1.29 is 17.9 Å². The van der Waals surface area contributed by atoms with Gasteiger partial charge in [0.2, 0.25) is 0 Å². The first-order valence-corrected chi connectivity index (χ1v) is 12.2. The molecule has 0 atom stereocenters. The number of pyridine rings is 1. The highest BCUT2D eigenvalue weighted by molar-refractivity contribution is 7.90. The normalized spacial score (nSPS) is 11.2. The molecule has 0 aliphatic heterocycles. The van der Waals surface area contributed by atoms with Gasteiger partial charge in [-0.05, 0) is 53.1 Å². The lowest BCUT2D eigenvalue weighted by molar-refractivity contribution is 0.306. The maximum absolute atomic E-state index is 13.0. The zero-order valence-corrected chi connectivity index (χ0v) is 19.5. The molecule has 0 N–H and O–H groups in total. The van der Waals surface area contributed by atoms with Crippen molar-refractivity contribution in [2.75, 3.05) is 7.11 Å². The molecule has 4 rings (SSSR count). The molecule has 0 bridgehead atoms. The Balaban J connectivity index is 1.50. The Hall–Kier alpha value is -3.35. The van der Waals surface area contributed by atoms with Gasteiger partial charge >= 0.3 is 0 Å². The lowest BCUT2D eigenvalue weighted by Crippen LogP contribution is -2.07. The van der Waals surface area contributed by atoms with Crippen molar-refractivity contribution in [3.8, 4) is 22.6 Å². The van der Waals surface area contributed by atoms with Crippen molar-refractivity contribution >= 4 is 21.4 Å². The Morgan fingerprint density at radius 1 is 0.848 bits per heavy atom. The Labute approximate surface area is 198 Å². The fourth-order valence-electron chi connectivity index (χ4n) is 3.40. The number of nitrogens with zero attached hydrogens (tertiary/aromatic N) is 1. The summed E-state index contributed by atoms with van der Waals surface area (Å²) in [6, 6.07) is 23.9. The molecule has 0 aliphatic carbocycles. The van der Waals surface area contributed by atoms with Gasteiger partial charge in [-0.2, -0.15) is 0 Å². The second-order valence-electron chi connectivity index (χ2n) is 7.43. The van der Waals surface area contributed by atoms with Crippen molar-refractivity contribution in [3.63, 3.8) is 0 Å². The molecular formula is C26H22ClNO4S. The first-order chi connectivity index (χ1) is 15.9. The third-order valence-electron chi connectivity index (χ3n) is 5.05. The average molecular weight is 480 g/mol. The van der Waals surface area contributed by atoms with Crippen LogP contribution in [0.1, 0.15) is 11.1 Å². The van der Waals surface area contributed by atoms with Crippen LogP contribution in [0.3, 0.4) is 0 Å². The van der Waals surface area contributed by atoms with Crippen LogP contribution >= 0.6 is 11.6 Å². The van der Waals surface area contributed by atoms with Crippen LogP contribution in [0.4, 0.5) is 0 Å². The molecule has 0 spiro atoms. The summed E-state index contributed by atoms with van der Waals surface area (Å²) in [4.78, 5) is 4.30. The van der Waals surface area contributed by atoms with E-state index in [0.717, 1.165) is 22.4 Å². The summed E-state index contributed by atoms with van der Waals surface area (Å²) < 4.78 is 37.1. The summed E-state index contributed by atoms with van der Waals surface area (Å²) in [5.41, 5.74) is 3.39. The summed E-state index contributed by atoms with van der Waals surface area (Å²) >= 11 is 6.02. The van der Waals surface area contributed by atoms with Crippen LogP contribution in [0.5, 0.6) is 11.5 Å². The van der Waals surface area contributed by atoms with Crippen LogP contribution in [-0.2, 0) is 22.2 Å². The largest absolute Gasteiger partial charge is 0.495 e. The number of hydrogen-bond acceptors (Lipinski definition) is 5. The Kier molecular flexibility index (Phi) is 6.96. The van der Waals surface area contributed by atoms with E-state index in [1.54, 1.807) is 24.5 Å². The Morgan fingerprint density at radius 2 is 1.61 bits per heavy atom. The van der Waals surface area contributed by atoms with Crippen molar-refractivity contribution in [3.05, 3.63) is 107 Å². The number of aromatic nitrogens is 1. The number of ether oxygens (including phenoxy) is 2. The van der Waals surface area contributed by atoms with Crippen LogP contribution in [0.25, 0.3) is 11.1 Å². The van der Waals surface area contributed by atoms with Crippen LogP contribution in [-0.4, -0.2) is 20.5 Å². The van der Waals surface area contributed by atoms with Gasteiger partial charge in [-0.3, -0.25) is 4.98 Å². The monoisotopic (exact) mass is 479 g/mol. The summed E-state index contributed by atoms with van der Waals surface area (Å²) in [5, 5.41) is 0.329. The summed E-state index contributed by atoms with van der Waals surface area (Å²) in [5.74, 6) is 0.792. The zero-order chi connectivity index (χ0) is 23.3. The lowest BCUT2D eigenvalue weighted by Gasteiger charge is -2.11. The molecule has 0 fully saturated rings. The van der Waals surface area contributed by atoms with Gasteiger partial charge in [0.1, 0.15) is 23.0 Å². The molecule has 1 aromatic heterocycles. The highest BCUT2D eigenvalue weighted by Gasteiger charge is 2.21. The van der Waals surface area contributed by atoms with Crippen LogP contribution < -0.4 is 9.47 Å². The second-order valence-corrected chi connectivity index (χ2v) is 9.83. The molecule has 33 heavy (non-hydrogen) atoms. The van der Waals surface area contributed by atoms with Gasteiger partial charge in [-0.15, -0.1) is 0 Å². The van der Waals surface area contributed by atoms with Gasteiger partial charge < -0.3 is 9.47 Å². The highest BCUT2D eigenvalue weighted by Crippen LogP contribution is 2.30. The Bertz CT molecular complexity index is 1340. The van der Waals surface area contributed by atoms with Crippen LogP contribution in [0.15, 0.2) is 96.2 Å². The second kappa shape index (κ2) is 10.1. The van der Waals surface area contributed by atoms with Crippen LogP contribution in [0.2, 0.25) is 5.02 Å². The van der Waals surface area contributed by atoms with E-state index in [1.165, 1.54) is 13.2 Å². The summed E-state index contributed by atoms with van der Waals surface area (Å²) in [7, 11) is -2.26. The molecule has 0 radical (unpaired) electrons. The number of hydrogen-bond donors (Lipinski definition) is 0. The summed E-state index contributed by atoms with van der Waals surface area (Å²) in [6.07, 6.45) is 3.26. The van der Waals surface area contributed by atoms with E-state index in [2.05, 4.69) is 4.98 Å². The molecule has 0 amide bonds. The van der Waals surface area contributed by atoms with Crippen molar-refractivity contribution in [1.82, 2.24) is 4.98 Å². The molecule has 0 aliphatic rings. The molecule has 1 heterocycles. The van der Waals surface area contributed by atoms with E-state index < -0.39 is 9.84 Å². The van der Waals surface area contributed by atoms with Crippen molar-refractivity contribution in [1.29, 1.82) is 0 Å². The first kappa shape index (κ1) is 22.8. The molecule has 0 saturated carbocycles. The van der Waals surface area contributed by atoms with E-state index in [4.69, 9.17) is 21.1 Å². The number of benzene rings is 3. The maximum Gasteiger partial charge on any atom is 0.186 e. The van der Waals surface area contributed by atoms with Crippen LogP contribution in [0, 0.1) is 0 Å². The van der Waals surface area contributed by atoms with Gasteiger partial charge in [0.25, 0.3) is 0 Å². The van der Waals surface area contributed by atoms with E-state index in [1.807, 2.05) is 60.7 Å². The van der Waals surface area contributed by atoms with E-state index in [0.29, 0.717) is 17.2 Å². The van der Waals surface area contributed by atoms with Crippen molar-refractivity contribution in [2.45, 2.75) is 17.3 Å². The minimum atomic E-state index is -3.69. The minimum Gasteiger partial charge on any atom is -0.495 e. The number of sulfone groups is 1. The fourth-order valence-corrected chi connectivity index (χ4v) is 5.15. The molecule has 0 unspecified atom stereocenters. The van der Waals surface area contributed by atoms with Gasteiger partial charge in [-0.1, -0.05) is 54.1 Å². The van der Waals surface area contributed by atoms with E-state index in [9.17, 15) is 8.42 Å².